The minimum Gasteiger partial charge on any atom is -0.368 e. The van der Waals surface area contributed by atoms with Crippen LogP contribution in [0.3, 0.4) is 0 Å². The fourth-order valence-corrected chi connectivity index (χ4v) is 3.14. The summed E-state index contributed by atoms with van der Waals surface area (Å²) in [5.74, 6) is 0.962. The number of nitrogens with two attached hydrogens (primary N) is 1. The third-order valence-electron chi connectivity index (χ3n) is 4.16. The van der Waals surface area contributed by atoms with E-state index in [0.717, 1.165) is 42.9 Å². The van der Waals surface area contributed by atoms with E-state index in [4.69, 9.17) is 5.73 Å². The Bertz CT molecular complexity index is 621. The van der Waals surface area contributed by atoms with Crippen molar-refractivity contribution >= 4 is 11.8 Å². The molecule has 1 aliphatic rings. The summed E-state index contributed by atoms with van der Waals surface area (Å²) in [5, 5.41) is 0. The average molecular weight is 300 g/mol. The van der Waals surface area contributed by atoms with E-state index in [2.05, 4.69) is 14.9 Å². The number of anilines is 2. The molecular formula is C17H21FN4. The van der Waals surface area contributed by atoms with Crippen LogP contribution >= 0.6 is 0 Å². The highest BCUT2D eigenvalue weighted by atomic mass is 19.1. The van der Waals surface area contributed by atoms with Gasteiger partial charge in [0.25, 0.3) is 0 Å². The Hall–Kier alpha value is -2.17. The number of benzene rings is 1. The second-order valence-corrected chi connectivity index (χ2v) is 5.84. The molecule has 1 saturated heterocycles. The fraction of sp³-hybridized carbons (Fsp3) is 0.412. The molecule has 0 saturated carbocycles. The van der Waals surface area contributed by atoms with E-state index in [9.17, 15) is 4.39 Å². The largest absolute Gasteiger partial charge is 0.368 e. The van der Waals surface area contributed by atoms with E-state index in [0.29, 0.717) is 5.95 Å². The van der Waals surface area contributed by atoms with E-state index >= 15 is 0 Å². The van der Waals surface area contributed by atoms with Crippen molar-refractivity contribution in [2.45, 2.75) is 38.6 Å². The van der Waals surface area contributed by atoms with Crippen LogP contribution in [0.5, 0.6) is 0 Å². The van der Waals surface area contributed by atoms with Crippen LogP contribution in [-0.2, 0) is 0 Å². The molecule has 5 heteroatoms. The maximum absolute atomic E-state index is 13.2. The van der Waals surface area contributed by atoms with Crippen molar-refractivity contribution in [1.29, 1.82) is 0 Å². The molecule has 1 aromatic carbocycles. The number of aromatic nitrogens is 2. The van der Waals surface area contributed by atoms with E-state index < -0.39 is 0 Å². The van der Waals surface area contributed by atoms with Crippen LogP contribution in [0.4, 0.5) is 16.2 Å². The van der Waals surface area contributed by atoms with Gasteiger partial charge >= 0.3 is 0 Å². The lowest BCUT2D eigenvalue weighted by molar-refractivity contribution is 0.590. The lowest BCUT2D eigenvalue weighted by Gasteiger charge is -2.31. The lowest BCUT2D eigenvalue weighted by atomic mass is 10.0. The van der Waals surface area contributed by atoms with Crippen molar-refractivity contribution in [3.05, 3.63) is 47.4 Å². The van der Waals surface area contributed by atoms with E-state index in [1.807, 2.05) is 25.1 Å². The van der Waals surface area contributed by atoms with Gasteiger partial charge in [-0.2, -0.15) is 4.98 Å². The van der Waals surface area contributed by atoms with Gasteiger partial charge in [-0.05, 0) is 37.5 Å². The van der Waals surface area contributed by atoms with Crippen molar-refractivity contribution in [2.75, 3.05) is 17.2 Å². The van der Waals surface area contributed by atoms with Crippen LogP contribution in [0.15, 0.2) is 30.3 Å². The Morgan fingerprint density at radius 1 is 1.14 bits per heavy atom. The summed E-state index contributed by atoms with van der Waals surface area (Å²) in [6, 6.07) is 8.97. The minimum absolute atomic E-state index is 0.203. The third kappa shape index (κ3) is 3.18. The predicted octanol–water partition coefficient (Wildman–Crippen LogP) is 3.63. The van der Waals surface area contributed by atoms with Gasteiger partial charge in [0.2, 0.25) is 5.95 Å². The van der Waals surface area contributed by atoms with Gasteiger partial charge in [-0.25, -0.2) is 9.37 Å². The molecule has 2 N–H and O–H groups in total. The van der Waals surface area contributed by atoms with Gasteiger partial charge in [0.15, 0.2) is 0 Å². The first-order chi connectivity index (χ1) is 10.6. The third-order valence-corrected chi connectivity index (χ3v) is 4.16. The lowest BCUT2D eigenvalue weighted by Crippen LogP contribution is -2.29. The van der Waals surface area contributed by atoms with Crippen LogP contribution in [0.25, 0.3) is 0 Å². The van der Waals surface area contributed by atoms with Gasteiger partial charge in [-0.1, -0.05) is 25.0 Å². The molecule has 22 heavy (non-hydrogen) atoms. The Morgan fingerprint density at radius 3 is 2.64 bits per heavy atom. The van der Waals surface area contributed by atoms with Gasteiger partial charge in [-0.15, -0.1) is 0 Å². The van der Waals surface area contributed by atoms with Crippen LogP contribution in [0.2, 0.25) is 0 Å². The first kappa shape index (κ1) is 14.8. The maximum atomic E-state index is 13.2. The van der Waals surface area contributed by atoms with Crippen LogP contribution in [0, 0.1) is 12.7 Å². The van der Waals surface area contributed by atoms with Crippen molar-refractivity contribution < 1.29 is 4.39 Å². The van der Waals surface area contributed by atoms with Gasteiger partial charge < -0.3 is 10.6 Å². The summed E-state index contributed by atoms with van der Waals surface area (Å²) in [6.07, 6.45) is 4.53. The summed E-state index contributed by atoms with van der Waals surface area (Å²) < 4.78 is 13.2. The van der Waals surface area contributed by atoms with Gasteiger partial charge in [0.1, 0.15) is 11.6 Å². The smallest absolute Gasteiger partial charge is 0.222 e. The molecule has 1 atom stereocenters. The molecule has 2 heterocycles. The molecule has 2 aromatic rings. The highest BCUT2D eigenvalue weighted by Gasteiger charge is 2.24. The first-order valence-electron chi connectivity index (χ1n) is 7.77. The minimum atomic E-state index is -0.203. The van der Waals surface area contributed by atoms with Crippen molar-refractivity contribution in [2.24, 2.45) is 0 Å². The van der Waals surface area contributed by atoms with Crippen molar-refractivity contribution in [1.82, 2.24) is 9.97 Å². The zero-order valence-electron chi connectivity index (χ0n) is 12.8. The molecule has 0 amide bonds. The molecule has 116 valence electrons. The van der Waals surface area contributed by atoms with Crippen LogP contribution in [0.1, 0.15) is 43.0 Å². The normalized spacial score (nSPS) is 19.0. The second-order valence-electron chi connectivity index (χ2n) is 5.84. The Balaban J connectivity index is 1.98. The number of rotatable bonds is 2. The maximum Gasteiger partial charge on any atom is 0.222 e. The van der Waals surface area contributed by atoms with Gasteiger partial charge in [0, 0.05) is 18.3 Å². The zero-order chi connectivity index (χ0) is 15.5. The monoisotopic (exact) mass is 300 g/mol. The Labute approximate surface area is 130 Å². The molecule has 0 aliphatic carbocycles. The number of halogens is 1. The standard InChI is InChI=1S/C17H21FN4/c1-12-11-16(21-17(19)20-12)22-10-4-2-3-5-15(22)13-6-8-14(18)9-7-13/h6-9,11,15H,2-5,10H2,1H3,(H2,19,20,21)/t15-/m1/s1. The van der Waals surface area contributed by atoms with E-state index in [1.54, 1.807) is 0 Å². The molecule has 1 aliphatic heterocycles. The molecule has 1 fully saturated rings. The van der Waals surface area contributed by atoms with Gasteiger partial charge in [-0.3, -0.25) is 0 Å². The first-order valence-corrected chi connectivity index (χ1v) is 7.77. The number of hydrogen-bond acceptors (Lipinski definition) is 4. The number of aryl methyl sites for hydroxylation is 1. The summed E-state index contributed by atoms with van der Waals surface area (Å²) in [7, 11) is 0. The highest BCUT2D eigenvalue weighted by molar-refractivity contribution is 5.46. The Morgan fingerprint density at radius 2 is 1.91 bits per heavy atom. The summed E-state index contributed by atoms with van der Waals surface area (Å²) in [5.41, 5.74) is 7.80. The summed E-state index contributed by atoms with van der Waals surface area (Å²) in [4.78, 5) is 10.8. The molecule has 3 rings (SSSR count). The molecule has 1 aromatic heterocycles. The van der Waals surface area contributed by atoms with Crippen LogP contribution < -0.4 is 10.6 Å². The predicted molar refractivity (Wildman–Crippen MR) is 86.1 cm³/mol. The average Bonchev–Trinajstić information content (AvgIpc) is 2.73. The van der Waals surface area contributed by atoms with Crippen molar-refractivity contribution in [3.8, 4) is 0 Å². The SMILES string of the molecule is Cc1cc(N2CCCCC[C@@H]2c2ccc(F)cc2)nc(N)n1. The molecule has 0 bridgehead atoms. The highest BCUT2D eigenvalue weighted by Crippen LogP contribution is 2.33. The second kappa shape index (κ2) is 6.30. The number of hydrogen-bond donors (Lipinski definition) is 1. The topological polar surface area (TPSA) is 55.0 Å². The number of nitrogen functional groups attached to an aromatic ring is 1. The molecule has 0 unspecified atom stereocenters. The van der Waals surface area contributed by atoms with Crippen LogP contribution in [-0.4, -0.2) is 16.5 Å². The molecule has 4 nitrogen and oxygen atoms in total. The quantitative estimate of drug-likeness (QED) is 0.920. The number of nitrogens with zero attached hydrogens (tertiary/aromatic N) is 3. The molecular weight excluding hydrogens is 279 g/mol. The Kier molecular flexibility index (Phi) is 4.22. The van der Waals surface area contributed by atoms with Gasteiger partial charge in [0.05, 0.1) is 6.04 Å². The molecule has 0 radical (unpaired) electrons. The summed E-state index contributed by atoms with van der Waals surface area (Å²) >= 11 is 0. The van der Waals surface area contributed by atoms with E-state index in [1.165, 1.54) is 18.6 Å². The van der Waals surface area contributed by atoms with E-state index in [-0.39, 0.29) is 11.9 Å². The summed E-state index contributed by atoms with van der Waals surface area (Å²) in [6.45, 7) is 2.85. The zero-order valence-corrected chi connectivity index (χ0v) is 12.8. The molecule has 0 spiro atoms. The van der Waals surface area contributed by atoms with Crippen molar-refractivity contribution in [3.63, 3.8) is 0 Å². The fourth-order valence-electron chi connectivity index (χ4n) is 3.14.